The number of ether oxygens (including phenoxy) is 2. The average molecular weight is 206 g/mol. The van der Waals surface area contributed by atoms with Crippen molar-refractivity contribution >= 4 is 16.6 Å². The number of hydrogen-bond donors (Lipinski definition) is 2. The Morgan fingerprint density at radius 1 is 1.27 bits per heavy atom. The van der Waals surface area contributed by atoms with Crippen molar-refractivity contribution in [2.75, 3.05) is 26.1 Å². The van der Waals surface area contributed by atoms with E-state index in [9.17, 15) is 0 Å². The Balaban J connectivity index is 2.27. The van der Waals surface area contributed by atoms with Crippen molar-refractivity contribution in [3.05, 3.63) is 24.4 Å². The Labute approximate surface area is 88.0 Å². The summed E-state index contributed by atoms with van der Waals surface area (Å²) in [4.78, 5) is 3.11. The Hall–Kier alpha value is -1.68. The zero-order valence-electron chi connectivity index (χ0n) is 8.62. The number of anilines is 1. The molecule has 0 aliphatic heterocycles. The predicted molar refractivity (Wildman–Crippen MR) is 60.1 cm³/mol. The molecular weight excluding hydrogens is 192 g/mol. The molecule has 3 N–H and O–H groups in total. The monoisotopic (exact) mass is 206 g/mol. The molecule has 0 saturated carbocycles. The van der Waals surface area contributed by atoms with Gasteiger partial charge in [0.15, 0.2) is 0 Å². The molecule has 2 aromatic rings. The third-order valence-electron chi connectivity index (χ3n) is 2.26. The number of aromatic nitrogens is 1. The number of H-pyrrole nitrogens is 1. The van der Waals surface area contributed by atoms with E-state index in [-0.39, 0.29) is 0 Å². The van der Waals surface area contributed by atoms with Crippen LogP contribution in [0.15, 0.2) is 24.4 Å². The van der Waals surface area contributed by atoms with E-state index in [0.29, 0.717) is 13.2 Å². The first-order valence-corrected chi connectivity index (χ1v) is 4.80. The molecule has 0 aliphatic rings. The molecule has 1 aromatic heterocycles. The molecule has 0 radical (unpaired) electrons. The number of hydrogen-bond acceptors (Lipinski definition) is 3. The normalized spacial score (nSPS) is 10.7. The van der Waals surface area contributed by atoms with Crippen LogP contribution in [0.25, 0.3) is 10.9 Å². The van der Waals surface area contributed by atoms with Crippen LogP contribution in [-0.4, -0.2) is 25.3 Å². The van der Waals surface area contributed by atoms with E-state index >= 15 is 0 Å². The molecule has 1 heterocycles. The van der Waals surface area contributed by atoms with E-state index in [4.69, 9.17) is 15.2 Å². The number of aromatic amines is 1. The lowest BCUT2D eigenvalue weighted by Gasteiger charge is -2.07. The van der Waals surface area contributed by atoms with Crippen molar-refractivity contribution in [1.29, 1.82) is 0 Å². The molecule has 0 atom stereocenters. The van der Waals surface area contributed by atoms with Crippen LogP contribution in [0, 0.1) is 0 Å². The SMILES string of the molecule is COCCOc1ccc(N)c2cc[nH]c12. The quantitative estimate of drug-likeness (QED) is 0.592. The molecule has 0 saturated heterocycles. The van der Waals surface area contributed by atoms with Gasteiger partial charge in [0.1, 0.15) is 12.4 Å². The summed E-state index contributed by atoms with van der Waals surface area (Å²) in [7, 11) is 1.65. The average Bonchev–Trinajstić information content (AvgIpc) is 2.71. The van der Waals surface area contributed by atoms with E-state index < -0.39 is 0 Å². The summed E-state index contributed by atoms with van der Waals surface area (Å²) in [6.45, 7) is 1.11. The number of nitrogen functional groups attached to an aromatic ring is 1. The maximum Gasteiger partial charge on any atom is 0.143 e. The van der Waals surface area contributed by atoms with Crippen molar-refractivity contribution in [2.24, 2.45) is 0 Å². The zero-order valence-corrected chi connectivity index (χ0v) is 8.62. The summed E-state index contributed by atoms with van der Waals surface area (Å²) < 4.78 is 10.5. The minimum absolute atomic E-state index is 0.536. The van der Waals surface area contributed by atoms with Gasteiger partial charge in [-0.05, 0) is 18.2 Å². The van der Waals surface area contributed by atoms with Gasteiger partial charge in [-0.2, -0.15) is 0 Å². The standard InChI is InChI=1S/C11H14N2O2/c1-14-6-7-15-10-3-2-9(12)8-4-5-13-11(8)10/h2-5,13H,6-7,12H2,1H3. The molecule has 1 aromatic carbocycles. The zero-order chi connectivity index (χ0) is 10.7. The Morgan fingerprint density at radius 3 is 2.93 bits per heavy atom. The molecule has 2 rings (SSSR count). The first kappa shape index (κ1) is 9.86. The van der Waals surface area contributed by atoms with E-state index in [2.05, 4.69) is 4.98 Å². The van der Waals surface area contributed by atoms with Crippen LogP contribution in [0.2, 0.25) is 0 Å². The number of nitrogens with two attached hydrogens (primary N) is 1. The minimum Gasteiger partial charge on any atom is -0.489 e. The van der Waals surface area contributed by atoms with Crippen LogP contribution < -0.4 is 10.5 Å². The molecule has 4 nitrogen and oxygen atoms in total. The second-order valence-electron chi connectivity index (χ2n) is 3.26. The number of methoxy groups -OCH3 is 1. The topological polar surface area (TPSA) is 60.3 Å². The first-order chi connectivity index (χ1) is 7.33. The van der Waals surface area contributed by atoms with Crippen LogP contribution in [0.5, 0.6) is 5.75 Å². The third kappa shape index (κ3) is 1.89. The molecule has 15 heavy (non-hydrogen) atoms. The Bertz CT molecular complexity index is 451. The molecule has 0 fully saturated rings. The summed E-state index contributed by atoms with van der Waals surface area (Å²) >= 11 is 0. The molecule has 0 spiro atoms. The van der Waals surface area contributed by atoms with Crippen molar-refractivity contribution in [2.45, 2.75) is 0 Å². The minimum atomic E-state index is 0.536. The summed E-state index contributed by atoms with van der Waals surface area (Å²) in [5, 5.41) is 0.991. The number of nitrogens with one attached hydrogen (secondary N) is 1. The fourth-order valence-corrected chi connectivity index (χ4v) is 1.51. The third-order valence-corrected chi connectivity index (χ3v) is 2.26. The van der Waals surface area contributed by atoms with Crippen LogP contribution in [0.4, 0.5) is 5.69 Å². The Morgan fingerprint density at radius 2 is 2.13 bits per heavy atom. The van der Waals surface area contributed by atoms with E-state index in [1.54, 1.807) is 7.11 Å². The highest BCUT2D eigenvalue weighted by Crippen LogP contribution is 2.28. The fourth-order valence-electron chi connectivity index (χ4n) is 1.51. The lowest BCUT2D eigenvalue weighted by Crippen LogP contribution is -2.04. The molecular formula is C11H14N2O2. The predicted octanol–water partition coefficient (Wildman–Crippen LogP) is 1.78. The number of benzene rings is 1. The lowest BCUT2D eigenvalue weighted by atomic mass is 10.2. The molecule has 0 bridgehead atoms. The summed E-state index contributed by atoms with van der Waals surface area (Å²) in [6.07, 6.45) is 1.85. The highest BCUT2D eigenvalue weighted by atomic mass is 16.5. The lowest BCUT2D eigenvalue weighted by molar-refractivity contribution is 0.147. The molecule has 4 heteroatoms. The van der Waals surface area contributed by atoms with Crippen molar-refractivity contribution in [1.82, 2.24) is 4.98 Å². The van der Waals surface area contributed by atoms with Gasteiger partial charge < -0.3 is 20.2 Å². The highest BCUT2D eigenvalue weighted by Gasteiger charge is 2.05. The van der Waals surface area contributed by atoms with Crippen molar-refractivity contribution in [3.63, 3.8) is 0 Å². The van der Waals surface area contributed by atoms with E-state index in [1.807, 2.05) is 24.4 Å². The summed E-state index contributed by atoms with van der Waals surface area (Å²) in [5.74, 6) is 0.807. The maximum atomic E-state index is 5.82. The van der Waals surface area contributed by atoms with Gasteiger partial charge >= 0.3 is 0 Å². The van der Waals surface area contributed by atoms with Gasteiger partial charge in [-0.25, -0.2) is 0 Å². The first-order valence-electron chi connectivity index (χ1n) is 4.80. The largest absolute Gasteiger partial charge is 0.489 e. The second kappa shape index (κ2) is 4.23. The Kier molecular flexibility index (Phi) is 2.78. The molecule has 0 unspecified atom stereocenters. The smallest absolute Gasteiger partial charge is 0.143 e. The molecule has 0 amide bonds. The van der Waals surface area contributed by atoms with Gasteiger partial charge in [0.25, 0.3) is 0 Å². The maximum absolute atomic E-state index is 5.82. The van der Waals surface area contributed by atoms with Gasteiger partial charge in [-0.3, -0.25) is 0 Å². The molecule has 0 aliphatic carbocycles. The van der Waals surface area contributed by atoms with Gasteiger partial charge in [0.05, 0.1) is 12.1 Å². The van der Waals surface area contributed by atoms with E-state index in [1.165, 1.54) is 0 Å². The van der Waals surface area contributed by atoms with Gasteiger partial charge in [-0.15, -0.1) is 0 Å². The van der Waals surface area contributed by atoms with Gasteiger partial charge in [-0.1, -0.05) is 0 Å². The van der Waals surface area contributed by atoms with Crippen LogP contribution in [0.1, 0.15) is 0 Å². The second-order valence-corrected chi connectivity index (χ2v) is 3.26. The van der Waals surface area contributed by atoms with Crippen molar-refractivity contribution < 1.29 is 9.47 Å². The highest BCUT2D eigenvalue weighted by molar-refractivity contribution is 5.94. The fraction of sp³-hybridized carbons (Fsp3) is 0.273. The van der Waals surface area contributed by atoms with Crippen LogP contribution in [-0.2, 0) is 4.74 Å². The van der Waals surface area contributed by atoms with Gasteiger partial charge in [0, 0.05) is 24.4 Å². The van der Waals surface area contributed by atoms with Gasteiger partial charge in [0.2, 0.25) is 0 Å². The summed E-state index contributed by atoms with van der Waals surface area (Å²) in [5.41, 5.74) is 7.52. The van der Waals surface area contributed by atoms with Crippen LogP contribution in [0.3, 0.4) is 0 Å². The van der Waals surface area contributed by atoms with E-state index in [0.717, 1.165) is 22.3 Å². The van der Waals surface area contributed by atoms with Crippen molar-refractivity contribution in [3.8, 4) is 5.75 Å². The molecule has 80 valence electrons. The van der Waals surface area contributed by atoms with Crippen LogP contribution >= 0.6 is 0 Å². The summed E-state index contributed by atoms with van der Waals surface area (Å²) in [6, 6.07) is 5.65. The number of rotatable bonds is 4. The number of fused-ring (bicyclic) bond motifs is 1.